The van der Waals surface area contributed by atoms with Gasteiger partial charge in [0.1, 0.15) is 5.83 Å². The van der Waals surface area contributed by atoms with Gasteiger partial charge in [0.15, 0.2) is 15.0 Å². The number of aromatic nitrogens is 1. The lowest BCUT2D eigenvalue weighted by atomic mass is 9.99. The maximum absolute atomic E-state index is 13.5. The highest BCUT2D eigenvalue weighted by Crippen LogP contribution is 2.40. The average Bonchev–Trinajstić information content (AvgIpc) is 3.17. The Morgan fingerprint density at radius 2 is 1.77 bits per heavy atom. The van der Waals surface area contributed by atoms with E-state index in [9.17, 15) is 12.8 Å². The molecule has 0 saturated heterocycles. The standard InChI is InChI=1S/C23H21FN2O2S2/c1-30(27,28)20-13-9-18(10-14-20)22-21(17-7-11-19(24)12-8-17)26-23(29-22)25-15-16-5-3-2-4-6-16/h2-7,9-11,13-14H,8,12,15H2,1H3,(H,25,26). The molecule has 0 aliphatic heterocycles. The monoisotopic (exact) mass is 440 g/mol. The number of rotatable bonds is 6. The molecule has 0 radical (unpaired) electrons. The Kier molecular flexibility index (Phi) is 5.83. The molecular formula is C23H21FN2O2S2. The summed E-state index contributed by atoms with van der Waals surface area (Å²) in [5.74, 6) is -0.129. The molecule has 30 heavy (non-hydrogen) atoms. The van der Waals surface area contributed by atoms with Crippen LogP contribution >= 0.6 is 11.3 Å². The van der Waals surface area contributed by atoms with Crippen LogP contribution in [0.5, 0.6) is 0 Å². The van der Waals surface area contributed by atoms with Crippen molar-refractivity contribution in [1.82, 2.24) is 4.98 Å². The highest BCUT2D eigenvalue weighted by atomic mass is 32.2. The van der Waals surface area contributed by atoms with E-state index >= 15 is 0 Å². The molecule has 1 N–H and O–H groups in total. The lowest BCUT2D eigenvalue weighted by Crippen LogP contribution is -1.99. The predicted octanol–water partition coefficient (Wildman–Crippen LogP) is 5.86. The van der Waals surface area contributed by atoms with Gasteiger partial charge in [0.25, 0.3) is 0 Å². The minimum Gasteiger partial charge on any atom is -0.357 e. The van der Waals surface area contributed by atoms with E-state index in [1.165, 1.54) is 23.7 Å². The van der Waals surface area contributed by atoms with E-state index in [1.807, 2.05) is 30.3 Å². The first kappa shape index (κ1) is 20.5. The molecule has 1 aliphatic rings. The second-order valence-electron chi connectivity index (χ2n) is 7.14. The lowest BCUT2D eigenvalue weighted by molar-refractivity contribution is 0.590. The van der Waals surface area contributed by atoms with Crippen molar-refractivity contribution >= 4 is 31.9 Å². The second kappa shape index (κ2) is 8.53. The first-order chi connectivity index (χ1) is 14.4. The van der Waals surface area contributed by atoms with Crippen LogP contribution in [0.3, 0.4) is 0 Å². The first-order valence-corrected chi connectivity index (χ1v) is 12.3. The summed E-state index contributed by atoms with van der Waals surface area (Å²) < 4.78 is 37.1. The van der Waals surface area contributed by atoms with Crippen molar-refractivity contribution in [3.05, 3.63) is 83.8 Å². The van der Waals surface area contributed by atoms with Crippen LogP contribution < -0.4 is 5.32 Å². The molecule has 154 valence electrons. The molecule has 4 rings (SSSR count). The molecule has 0 spiro atoms. The van der Waals surface area contributed by atoms with Gasteiger partial charge in [0, 0.05) is 19.2 Å². The van der Waals surface area contributed by atoms with Crippen LogP contribution in [-0.4, -0.2) is 19.7 Å². The first-order valence-electron chi connectivity index (χ1n) is 9.55. The zero-order valence-corrected chi connectivity index (χ0v) is 18.1. The minimum atomic E-state index is -3.26. The Morgan fingerprint density at radius 3 is 2.40 bits per heavy atom. The molecule has 1 aromatic heterocycles. The number of anilines is 1. The topological polar surface area (TPSA) is 59.1 Å². The Hall–Kier alpha value is -2.77. The average molecular weight is 441 g/mol. The zero-order valence-electron chi connectivity index (χ0n) is 16.4. The molecule has 0 unspecified atom stereocenters. The summed E-state index contributed by atoms with van der Waals surface area (Å²) in [7, 11) is -3.26. The van der Waals surface area contributed by atoms with Crippen LogP contribution in [0, 0.1) is 0 Å². The number of nitrogens with one attached hydrogen (secondary N) is 1. The van der Waals surface area contributed by atoms with Crippen LogP contribution in [0.4, 0.5) is 9.52 Å². The molecule has 4 nitrogen and oxygen atoms in total. The van der Waals surface area contributed by atoms with Gasteiger partial charge < -0.3 is 5.32 Å². The van der Waals surface area contributed by atoms with E-state index in [4.69, 9.17) is 4.98 Å². The fraction of sp³-hybridized carbons (Fsp3) is 0.174. The van der Waals surface area contributed by atoms with Crippen molar-refractivity contribution in [2.45, 2.75) is 24.3 Å². The lowest BCUT2D eigenvalue weighted by Gasteiger charge is -2.10. The summed E-state index contributed by atoms with van der Waals surface area (Å²) >= 11 is 1.51. The van der Waals surface area contributed by atoms with Crippen LogP contribution in [0.1, 0.15) is 24.1 Å². The SMILES string of the molecule is CS(=O)(=O)c1ccc(-c2sc(NCc3ccccc3)nc2C2=CC=C(F)CC2)cc1. The summed E-state index contributed by atoms with van der Waals surface area (Å²) in [6.07, 6.45) is 5.41. The van der Waals surface area contributed by atoms with E-state index in [0.717, 1.165) is 32.4 Å². The van der Waals surface area contributed by atoms with Crippen molar-refractivity contribution < 1.29 is 12.8 Å². The number of benzene rings is 2. The van der Waals surface area contributed by atoms with Gasteiger partial charge >= 0.3 is 0 Å². The third-order valence-electron chi connectivity index (χ3n) is 4.86. The summed E-state index contributed by atoms with van der Waals surface area (Å²) in [6.45, 7) is 0.647. The number of nitrogens with zero attached hydrogens (tertiary/aromatic N) is 1. The Morgan fingerprint density at radius 1 is 1.03 bits per heavy atom. The van der Waals surface area contributed by atoms with Gasteiger partial charge in [-0.1, -0.05) is 59.9 Å². The third kappa shape index (κ3) is 4.68. The molecule has 7 heteroatoms. The van der Waals surface area contributed by atoms with Crippen LogP contribution in [0.2, 0.25) is 0 Å². The van der Waals surface area contributed by atoms with E-state index < -0.39 is 9.84 Å². The fourth-order valence-corrected chi connectivity index (χ4v) is 4.88. The molecule has 0 amide bonds. The maximum atomic E-state index is 13.5. The van der Waals surface area contributed by atoms with Crippen LogP contribution in [0.25, 0.3) is 16.0 Å². The normalized spacial score (nSPS) is 14.2. The molecule has 3 aromatic rings. The van der Waals surface area contributed by atoms with Crippen molar-refractivity contribution in [3.63, 3.8) is 0 Å². The maximum Gasteiger partial charge on any atom is 0.184 e. The molecular weight excluding hydrogens is 419 g/mol. The number of hydrogen-bond donors (Lipinski definition) is 1. The van der Waals surface area contributed by atoms with Crippen LogP contribution in [-0.2, 0) is 16.4 Å². The number of hydrogen-bond acceptors (Lipinski definition) is 5. The Balaban J connectivity index is 1.69. The fourth-order valence-electron chi connectivity index (χ4n) is 3.25. The number of halogens is 1. The number of thiazole rings is 1. The second-order valence-corrected chi connectivity index (χ2v) is 10.2. The van der Waals surface area contributed by atoms with E-state index in [-0.39, 0.29) is 10.7 Å². The summed E-state index contributed by atoms with van der Waals surface area (Å²) in [4.78, 5) is 6.01. The summed E-state index contributed by atoms with van der Waals surface area (Å²) in [6, 6.07) is 16.9. The smallest absolute Gasteiger partial charge is 0.184 e. The van der Waals surface area contributed by atoms with E-state index in [2.05, 4.69) is 5.32 Å². The molecule has 2 aromatic carbocycles. The van der Waals surface area contributed by atoms with Crippen molar-refractivity contribution in [1.29, 1.82) is 0 Å². The Labute approximate surface area is 179 Å². The minimum absolute atomic E-state index is 0.129. The molecule has 0 saturated carbocycles. The van der Waals surface area contributed by atoms with Gasteiger partial charge in [-0.3, -0.25) is 0 Å². The molecule has 1 aliphatic carbocycles. The van der Waals surface area contributed by atoms with Gasteiger partial charge in [-0.25, -0.2) is 17.8 Å². The van der Waals surface area contributed by atoms with E-state index in [0.29, 0.717) is 19.4 Å². The largest absolute Gasteiger partial charge is 0.357 e. The van der Waals surface area contributed by atoms with Gasteiger partial charge in [0.05, 0.1) is 15.5 Å². The van der Waals surface area contributed by atoms with Crippen LogP contribution in [0.15, 0.2) is 77.5 Å². The highest BCUT2D eigenvalue weighted by molar-refractivity contribution is 7.90. The molecule has 1 heterocycles. The third-order valence-corrected chi connectivity index (χ3v) is 7.05. The highest BCUT2D eigenvalue weighted by Gasteiger charge is 2.19. The van der Waals surface area contributed by atoms with Gasteiger partial charge in [0.2, 0.25) is 0 Å². The van der Waals surface area contributed by atoms with Gasteiger partial charge in [-0.2, -0.15) is 0 Å². The quantitative estimate of drug-likeness (QED) is 0.522. The number of allylic oxidation sites excluding steroid dienone is 4. The van der Waals surface area contributed by atoms with Crippen molar-refractivity contribution in [3.8, 4) is 10.4 Å². The van der Waals surface area contributed by atoms with Crippen molar-refractivity contribution in [2.24, 2.45) is 0 Å². The summed E-state index contributed by atoms with van der Waals surface area (Å²) in [5.41, 5.74) is 3.82. The number of sulfone groups is 1. The predicted molar refractivity (Wildman–Crippen MR) is 121 cm³/mol. The summed E-state index contributed by atoms with van der Waals surface area (Å²) in [5, 5.41) is 4.14. The van der Waals surface area contributed by atoms with Crippen molar-refractivity contribution in [2.75, 3.05) is 11.6 Å². The molecule has 0 bridgehead atoms. The zero-order chi connectivity index (χ0) is 21.1. The molecule has 0 atom stereocenters. The van der Waals surface area contributed by atoms with Gasteiger partial charge in [-0.05, 0) is 41.3 Å². The van der Waals surface area contributed by atoms with E-state index in [1.54, 1.807) is 30.3 Å². The Bertz CT molecular complexity index is 1210. The van der Waals surface area contributed by atoms with Gasteiger partial charge in [-0.15, -0.1) is 0 Å². The molecule has 0 fully saturated rings.